The number of carbonyl (C=O) groups is 2. The van der Waals surface area contributed by atoms with Gasteiger partial charge in [-0.2, -0.15) is 0 Å². The van der Waals surface area contributed by atoms with Crippen LogP contribution in [0.15, 0.2) is 24.3 Å². The third-order valence-electron chi connectivity index (χ3n) is 6.22. The fourth-order valence-corrected chi connectivity index (χ4v) is 4.57. The summed E-state index contributed by atoms with van der Waals surface area (Å²) in [5.74, 6) is 0.586. The minimum absolute atomic E-state index is 0.0991. The number of nitrogens with zero attached hydrogens (tertiary/aromatic N) is 2. The van der Waals surface area contributed by atoms with Crippen molar-refractivity contribution in [3.05, 3.63) is 35.5 Å². The number of fused-ring (bicyclic) bond motifs is 1. The number of aryl methyl sites for hydroxylation is 1. The van der Waals surface area contributed by atoms with Gasteiger partial charge in [-0.3, -0.25) is 9.59 Å². The second kappa shape index (κ2) is 7.75. The maximum atomic E-state index is 12.9. The summed E-state index contributed by atoms with van der Waals surface area (Å²) >= 11 is 0. The average molecular weight is 367 g/mol. The number of nitrogens with one attached hydrogen (secondary N) is 1. The van der Waals surface area contributed by atoms with E-state index in [2.05, 4.69) is 11.1 Å². The molecular formula is C22H29N3O2. The number of aromatic amines is 1. The SMILES string of the molecule is Cc1[nH]c2ccccc2c1CC(=O)N1CCC(C(=O)N2CCCCC2)CC1. The van der Waals surface area contributed by atoms with Crippen molar-refractivity contribution in [1.29, 1.82) is 0 Å². The summed E-state index contributed by atoms with van der Waals surface area (Å²) in [5, 5.41) is 1.14. The van der Waals surface area contributed by atoms with Gasteiger partial charge in [0.1, 0.15) is 0 Å². The second-order valence-corrected chi connectivity index (χ2v) is 7.99. The highest BCUT2D eigenvalue weighted by molar-refractivity contribution is 5.90. The molecule has 2 saturated heterocycles. The molecule has 5 heteroatoms. The monoisotopic (exact) mass is 367 g/mol. The fraction of sp³-hybridized carbons (Fsp3) is 0.545. The lowest BCUT2D eigenvalue weighted by molar-refractivity contribution is -0.141. The molecule has 0 radical (unpaired) electrons. The Balaban J connectivity index is 1.36. The lowest BCUT2D eigenvalue weighted by Crippen LogP contribution is -2.46. The molecule has 0 atom stereocenters. The van der Waals surface area contributed by atoms with Crippen LogP contribution in [-0.4, -0.2) is 52.8 Å². The van der Waals surface area contributed by atoms with Crippen molar-refractivity contribution in [2.75, 3.05) is 26.2 Å². The van der Waals surface area contributed by atoms with Gasteiger partial charge in [0.2, 0.25) is 11.8 Å². The van der Waals surface area contributed by atoms with Crippen molar-refractivity contribution in [1.82, 2.24) is 14.8 Å². The molecule has 2 aliphatic rings. The Hall–Kier alpha value is -2.30. The molecule has 1 aromatic heterocycles. The van der Waals surface area contributed by atoms with Crippen LogP contribution in [-0.2, 0) is 16.0 Å². The van der Waals surface area contributed by atoms with Gasteiger partial charge in [-0.15, -0.1) is 0 Å². The topological polar surface area (TPSA) is 56.4 Å². The minimum Gasteiger partial charge on any atom is -0.358 e. The van der Waals surface area contributed by atoms with Gasteiger partial charge in [0.25, 0.3) is 0 Å². The third-order valence-corrected chi connectivity index (χ3v) is 6.22. The summed E-state index contributed by atoms with van der Waals surface area (Å²) in [5.41, 5.74) is 3.26. The van der Waals surface area contributed by atoms with Crippen molar-refractivity contribution in [2.45, 2.75) is 45.4 Å². The van der Waals surface area contributed by atoms with Gasteiger partial charge < -0.3 is 14.8 Å². The molecule has 0 saturated carbocycles. The zero-order valence-electron chi connectivity index (χ0n) is 16.2. The summed E-state index contributed by atoms with van der Waals surface area (Å²) in [6.45, 7) is 5.26. The van der Waals surface area contributed by atoms with Crippen LogP contribution in [0.3, 0.4) is 0 Å². The molecule has 0 bridgehead atoms. The van der Waals surface area contributed by atoms with Crippen LogP contribution >= 0.6 is 0 Å². The number of rotatable bonds is 3. The lowest BCUT2D eigenvalue weighted by atomic mass is 9.94. The summed E-state index contributed by atoms with van der Waals surface area (Å²) < 4.78 is 0. The normalized spacial score (nSPS) is 18.9. The number of para-hydroxylation sites is 1. The Bertz CT molecular complexity index is 827. The molecule has 0 aliphatic carbocycles. The molecule has 2 aromatic rings. The standard InChI is InChI=1S/C22H29N3O2/c1-16-19(18-7-3-4-8-20(18)23-16)15-21(26)24-13-9-17(10-14-24)22(27)25-11-5-2-6-12-25/h3-4,7-8,17,23H,2,5-6,9-15H2,1H3. The summed E-state index contributed by atoms with van der Waals surface area (Å²) in [6, 6.07) is 8.15. The summed E-state index contributed by atoms with van der Waals surface area (Å²) in [7, 11) is 0. The van der Waals surface area contributed by atoms with E-state index in [1.165, 1.54) is 6.42 Å². The minimum atomic E-state index is 0.0991. The van der Waals surface area contributed by atoms with Gasteiger partial charge in [-0.05, 0) is 50.7 Å². The Morgan fingerprint density at radius 2 is 1.70 bits per heavy atom. The molecule has 2 amide bonds. The van der Waals surface area contributed by atoms with E-state index in [1.54, 1.807) is 0 Å². The Kier molecular flexibility index (Phi) is 5.19. The molecule has 2 aliphatic heterocycles. The highest BCUT2D eigenvalue weighted by atomic mass is 16.2. The zero-order chi connectivity index (χ0) is 18.8. The predicted octanol–water partition coefficient (Wildman–Crippen LogP) is 3.27. The van der Waals surface area contributed by atoms with Crippen LogP contribution in [0.1, 0.15) is 43.4 Å². The lowest BCUT2D eigenvalue weighted by Gasteiger charge is -2.35. The molecule has 5 nitrogen and oxygen atoms in total. The molecule has 0 spiro atoms. The number of hydrogen-bond donors (Lipinski definition) is 1. The average Bonchev–Trinajstić information content (AvgIpc) is 3.03. The van der Waals surface area contributed by atoms with E-state index in [-0.39, 0.29) is 11.8 Å². The van der Waals surface area contributed by atoms with Crippen molar-refractivity contribution in [3.63, 3.8) is 0 Å². The first kappa shape index (κ1) is 18.1. The Morgan fingerprint density at radius 1 is 1.00 bits per heavy atom. The maximum absolute atomic E-state index is 12.9. The maximum Gasteiger partial charge on any atom is 0.227 e. The van der Waals surface area contributed by atoms with E-state index in [4.69, 9.17) is 0 Å². The van der Waals surface area contributed by atoms with Crippen LogP contribution in [0.5, 0.6) is 0 Å². The highest BCUT2D eigenvalue weighted by Gasteiger charge is 2.31. The largest absolute Gasteiger partial charge is 0.358 e. The van der Waals surface area contributed by atoms with Gasteiger partial charge in [0.05, 0.1) is 6.42 Å². The molecule has 27 heavy (non-hydrogen) atoms. The van der Waals surface area contributed by atoms with E-state index in [9.17, 15) is 9.59 Å². The van der Waals surface area contributed by atoms with Gasteiger partial charge in [0, 0.05) is 48.7 Å². The zero-order valence-corrected chi connectivity index (χ0v) is 16.2. The number of carbonyl (C=O) groups excluding carboxylic acids is 2. The molecular weight excluding hydrogens is 338 g/mol. The van der Waals surface area contributed by atoms with Gasteiger partial charge in [0.15, 0.2) is 0 Å². The van der Waals surface area contributed by atoms with Gasteiger partial charge in [-0.1, -0.05) is 18.2 Å². The van der Waals surface area contributed by atoms with Crippen LogP contribution in [0, 0.1) is 12.8 Å². The smallest absolute Gasteiger partial charge is 0.227 e. The molecule has 4 rings (SSSR count). The van der Waals surface area contributed by atoms with E-state index >= 15 is 0 Å². The van der Waals surface area contributed by atoms with Crippen molar-refractivity contribution < 1.29 is 9.59 Å². The molecule has 0 unspecified atom stereocenters. The number of benzene rings is 1. The van der Waals surface area contributed by atoms with Crippen LogP contribution < -0.4 is 0 Å². The second-order valence-electron chi connectivity index (χ2n) is 7.99. The Labute approximate surface area is 160 Å². The number of piperidine rings is 2. The van der Waals surface area contributed by atoms with Crippen LogP contribution in [0.2, 0.25) is 0 Å². The molecule has 1 N–H and O–H groups in total. The first-order valence-electron chi connectivity index (χ1n) is 10.3. The van der Waals surface area contributed by atoms with E-state index < -0.39 is 0 Å². The summed E-state index contributed by atoms with van der Waals surface area (Å²) in [6.07, 6.45) is 5.53. The van der Waals surface area contributed by atoms with Crippen molar-refractivity contribution >= 4 is 22.7 Å². The number of aromatic nitrogens is 1. The number of H-pyrrole nitrogens is 1. The Morgan fingerprint density at radius 3 is 2.44 bits per heavy atom. The third kappa shape index (κ3) is 3.73. The van der Waals surface area contributed by atoms with E-state index in [1.807, 2.05) is 34.9 Å². The first-order valence-corrected chi connectivity index (χ1v) is 10.3. The predicted molar refractivity (Wildman–Crippen MR) is 106 cm³/mol. The molecule has 3 heterocycles. The number of likely N-dealkylation sites (tertiary alicyclic amines) is 2. The number of amides is 2. The van der Waals surface area contributed by atoms with E-state index in [0.717, 1.165) is 60.9 Å². The van der Waals surface area contributed by atoms with E-state index in [0.29, 0.717) is 25.4 Å². The number of hydrogen-bond acceptors (Lipinski definition) is 2. The summed E-state index contributed by atoms with van der Waals surface area (Å²) in [4.78, 5) is 32.9. The quantitative estimate of drug-likeness (QED) is 0.905. The molecule has 2 fully saturated rings. The fourth-order valence-electron chi connectivity index (χ4n) is 4.57. The van der Waals surface area contributed by atoms with Crippen molar-refractivity contribution in [2.24, 2.45) is 5.92 Å². The van der Waals surface area contributed by atoms with Crippen LogP contribution in [0.4, 0.5) is 0 Å². The van der Waals surface area contributed by atoms with Crippen molar-refractivity contribution in [3.8, 4) is 0 Å². The van der Waals surface area contributed by atoms with Crippen LogP contribution in [0.25, 0.3) is 10.9 Å². The van der Waals surface area contributed by atoms with Gasteiger partial charge in [-0.25, -0.2) is 0 Å². The molecule has 144 valence electrons. The molecule has 1 aromatic carbocycles. The van der Waals surface area contributed by atoms with Gasteiger partial charge >= 0.3 is 0 Å². The first-order chi connectivity index (χ1) is 13.1. The highest BCUT2D eigenvalue weighted by Crippen LogP contribution is 2.25.